The second-order valence-corrected chi connectivity index (χ2v) is 4.95. The van der Waals surface area contributed by atoms with Gasteiger partial charge in [-0.3, -0.25) is 4.68 Å². The molecular formula is C11H12BrClN4. The van der Waals surface area contributed by atoms with Gasteiger partial charge < -0.3 is 5.32 Å². The fourth-order valence-corrected chi connectivity index (χ4v) is 1.88. The molecule has 0 atom stereocenters. The third-order valence-corrected chi connectivity index (χ3v) is 3.48. The van der Waals surface area contributed by atoms with Crippen LogP contribution in [0.5, 0.6) is 0 Å². The highest BCUT2D eigenvalue weighted by molar-refractivity contribution is 9.10. The van der Waals surface area contributed by atoms with Gasteiger partial charge in [0.2, 0.25) is 0 Å². The second-order valence-electron chi connectivity index (χ2n) is 3.69. The van der Waals surface area contributed by atoms with Gasteiger partial charge in [0.05, 0.1) is 11.6 Å². The van der Waals surface area contributed by atoms with Crippen molar-refractivity contribution in [2.24, 2.45) is 7.05 Å². The Bertz CT molecular complexity index is 512. The monoisotopic (exact) mass is 314 g/mol. The summed E-state index contributed by atoms with van der Waals surface area (Å²) < 4.78 is 2.60. The molecule has 0 unspecified atom stereocenters. The Morgan fingerprint density at radius 1 is 1.41 bits per heavy atom. The maximum Gasteiger partial charge on any atom is 0.164 e. The van der Waals surface area contributed by atoms with E-state index in [1.165, 1.54) is 0 Å². The molecule has 1 N–H and O–H groups in total. The molecule has 2 aromatic rings. The Morgan fingerprint density at radius 2 is 2.24 bits per heavy atom. The lowest BCUT2D eigenvalue weighted by Crippen LogP contribution is -2.14. The first kappa shape index (κ1) is 12.5. The molecule has 6 heteroatoms. The van der Waals surface area contributed by atoms with Gasteiger partial charge in [0, 0.05) is 18.1 Å². The van der Waals surface area contributed by atoms with E-state index >= 15 is 0 Å². The molecule has 0 fully saturated rings. The number of nitrogens with one attached hydrogen (secondary N) is 1. The predicted molar refractivity (Wildman–Crippen MR) is 70.7 cm³/mol. The fraction of sp³-hybridized carbons (Fsp3) is 0.273. The minimum absolute atomic E-state index is 0.647. The Morgan fingerprint density at radius 3 is 2.88 bits per heavy atom. The number of aryl methyl sites for hydroxylation is 1. The Balaban J connectivity index is 1.87. The lowest BCUT2D eigenvalue weighted by molar-refractivity contribution is 0.649. The van der Waals surface area contributed by atoms with Crippen molar-refractivity contribution in [3.8, 4) is 0 Å². The van der Waals surface area contributed by atoms with Gasteiger partial charge in [-0.05, 0) is 33.6 Å². The molecule has 1 aromatic heterocycles. The number of aromatic nitrogens is 3. The van der Waals surface area contributed by atoms with Gasteiger partial charge in [0.1, 0.15) is 6.33 Å². The molecular weight excluding hydrogens is 304 g/mol. The number of benzene rings is 1. The van der Waals surface area contributed by atoms with Gasteiger partial charge in [-0.15, -0.1) is 0 Å². The van der Waals surface area contributed by atoms with E-state index < -0.39 is 0 Å². The van der Waals surface area contributed by atoms with E-state index in [4.69, 9.17) is 11.6 Å². The van der Waals surface area contributed by atoms with E-state index in [1.54, 1.807) is 11.0 Å². The smallest absolute Gasteiger partial charge is 0.164 e. The van der Waals surface area contributed by atoms with Crippen molar-refractivity contribution in [1.29, 1.82) is 0 Å². The molecule has 0 saturated carbocycles. The molecule has 0 radical (unpaired) electrons. The first-order valence-electron chi connectivity index (χ1n) is 5.14. The lowest BCUT2D eigenvalue weighted by Gasteiger charge is -2.04. The van der Waals surface area contributed by atoms with Crippen LogP contribution >= 0.6 is 27.5 Å². The molecule has 0 spiro atoms. The van der Waals surface area contributed by atoms with Crippen molar-refractivity contribution in [2.45, 2.75) is 13.1 Å². The maximum atomic E-state index is 6.01. The molecule has 2 rings (SSSR count). The number of halogens is 2. The van der Waals surface area contributed by atoms with E-state index in [0.29, 0.717) is 6.54 Å². The summed E-state index contributed by atoms with van der Waals surface area (Å²) in [5.41, 5.74) is 1.13. The number of hydrogen-bond acceptors (Lipinski definition) is 3. The molecule has 0 amide bonds. The minimum atomic E-state index is 0.647. The molecule has 90 valence electrons. The van der Waals surface area contributed by atoms with Crippen molar-refractivity contribution in [3.05, 3.63) is 45.4 Å². The summed E-state index contributed by atoms with van der Waals surface area (Å²) in [6.45, 7) is 1.39. The van der Waals surface area contributed by atoms with Crippen molar-refractivity contribution < 1.29 is 0 Å². The molecule has 0 bridgehead atoms. The first-order valence-corrected chi connectivity index (χ1v) is 6.31. The van der Waals surface area contributed by atoms with Gasteiger partial charge >= 0.3 is 0 Å². The van der Waals surface area contributed by atoms with E-state index in [1.807, 2.05) is 25.2 Å². The quantitative estimate of drug-likeness (QED) is 0.943. The maximum absolute atomic E-state index is 6.01. The normalized spacial score (nSPS) is 10.8. The second kappa shape index (κ2) is 5.62. The van der Waals surface area contributed by atoms with Crippen LogP contribution in [0.2, 0.25) is 5.02 Å². The van der Waals surface area contributed by atoms with Gasteiger partial charge in [0.25, 0.3) is 0 Å². The number of nitrogens with zero attached hydrogens (tertiary/aromatic N) is 3. The van der Waals surface area contributed by atoms with Crippen LogP contribution in [0.25, 0.3) is 0 Å². The molecule has 0 saturated heterocycles. The van der Waals surface area contributed by atoms with Gasteiger partial charge in [-0.2, -0.15) is 5.10 Å². The Kier molecular flexibility index (Phi) is 4.15. The average molecular weight is 316 g/mol. The third kappa shape index (κ3) is 3.52. The van der Waals surface area contributed by atoms with E-state index in [0.717, 1.165) is 27.4 Å². The first-order chi connectivity index (χ1) is 8.15. The van der Waals surface area contributed by atoms with E-state index in [2.05, 4.69) is 31.3 Å². The zero-order chi connectivity index (χ0) is 12.3. The zero-order valence-corrected chi connectivity index (χ0v) is 11.7. The molecule has 0 aliphatic heterocycles. The summed E-state index contributed by atoms with van der Waals surface area (Å²) in [5.74, 6) is 0.788. The SMILES string of the molecule is Cn1cnc(CNCc2ccc(Br)c(Cl)c2)n1. The van der Waals surface area contributed by atoms with Gasteiger partial charge in [-0.1, -0.05) is 17.7 Å². The largest absolute Gasteiger partial charge is 0.306 e. The molecule has 4 nitrogen and oxygen atoms in total. The number of hydrogen-bond donors (Lipinski definition) is 1. The number of rotatable bonds is 4. The Labute approximate surface area is 113 Å². The van der Waals surface area contributed by atoms with E-state index in [9.17, 15) is 0 Å². The Hall–Kier alpha value is -0.910. The fourth-order valence-electron chi connectivity index (χ4n) is 1.43. The highest BCUT2D eigenvalue weighted by Crippen LogP contribution is 2.22. The molecule has 1 aromatic carbocycles. The van der Waals surface area contributed by atoms with Crippen LogP contribution in [-0.4, -0.2) is 14.8 Å². The summed E-state index contributed by atoms with van der Waals surface area (Å²) in [5, 5.41) is 8.17. The van der Waals surface area contributed by atoms with Crippen molar-refractivity contribution >= 4 is 27.5 Å². The van der Waals surface area contributed by atoms with Crippen LogP contribution in [-0.2, 0) is 20.1 Å². The van der Waals surface area contributed by atoms with Crippen LogP contribution in [0.4, 0.5) is 0 Å². The summed E-state index contributed by atoms with van der Waals surface area (Å²) in [6, 6.07) is 5.90. The van der Waals surface area contributed by atoms with Crippen molar-refractivity contribution in [1.82, 2.24) is 20.1 Å². The van der Waals surface area contributed by atoms with Crippen LogP contribution in [0.15, 0.2) is 29.0 Å². The lowest BCUT2D eigenvalue weighted by atomic mass is 10.2. The van der Waals surface area contributed by atoms with Crippen LogP contribution in [0, 0.1) is 0 Å². The molecule has 0 aliphatic rings. The average Bonchev–Trinajstić information content (AvgIpc) is 2.70. The minimum Gasteiger partial charge on any atom is -0.306 e. The molecule has 17 heavy (non-hydrogen) atoms. The highest BCUT2D eigenvalue weighted by Gasteiger charge is 2.01. The van der Waals surface area contributed by atoms with Gasteiger partial charge in [-0.25, -0.2) is 4.98 Å². The highest BCUT2D eigenvalue weighted by atomic mass is 79.9. The van der Waals surface area contributed by atoms with Crippen LogP contribution < -0.4 is 5.32 Å². The molecule has 0 aliphatic carbocycles. The summed E-state index contributed by atoms with van der Waals surface area (Å²) in [6.07, 6.45) is 1.69. The van der Waals surface area contributed by atoms with Crippen LogP contribution in [0.3, 0.4) is 0 Å². The van der Waals surface area contributed by atoms with Crippen molar-refractivity contribution in [3.63, 3.8) is 0 Å². The van der Waals surface area contributed by atoms with E-state index in [-0.39, 0.29) is 0 Å². The summed E-state index contributed by atoms with van der Waals surface area (Å²) >= 11 is 9.37. The topological polar surface area (TPSA) is 42.7 Å². The standard InChI is InChI=1S/C11H12BrClN4/c1-17-7-15-11(16-17)6-14-5-8-2-3-9(12)10(13)4-8/h2-4,7,14H,5-6H2,1H3. The third-order valence-electron chi connectivity index (χ3n) is 2.24. The summed E-state index contributed by atoms with van der Waals surface area (Å²) in [7, 11) is 1.85. The van der Waals surface area contributed by atoms with Crippen LogP contribution in [0.1, 0.15) is 11.4 Å². The summed E-state index contributed by atoms with van der Waals surface area (Å²) in [4.78, 5) is 4.13. The van der Waals surface area contributed by atoms with Gasteiger partial charge in [0.15, 0.2) is 5.82 Å². The van der Waals surface area contributed by atoms with Crippen molar-refractivity contribution in [2.75, 3.05) is 0 Å². The zero-order valence-electron chi connectivity index (χ0n) is 9.32. The predicted octanol–water partition coefficient (Wildman–Crippen LogP) is 2.52. The molecule has 1 heterocycles.